The molecule has 0 spiro atoms. The fourth-order valence-electron chi connectivity index (χ4n) is 2.03. The molecule has 1 aromatic heterocycles. The number of nitrogens with zero attached hydrogens (tertiary/aromatic N) is 1. The highest BCUT2D eigenvalue weighted by atomic mass is 16.5. The summed E-state index contributed by atoms with van der Waals surface area (Å²) in [6, 6.07) is 7.42. The second-order valence-electron chi connectivity index (χ2n) is 4.64. The smallest absolute Gasteiger partial charge is 0.253 e. The van der Waals surface area contributed by atoms with E-state index < -0.39 is 0 Å². The van der Waals surface area contributed by atoms with Crippen LogP contribution < -0.4 is 11.1 Å². The maximum Gasteiger partial charge on any atom is 0.253 e. The monoisotopic (exact) mass is 273 g/mol. The Morgan fingerprint density at radius 3 is 2.80 bits per heavy atom. The fraction of sp³-hybridized carbons (Fsp3) is 0.333. The van der Waals surface area contributed by atoms with Gasteiger partial charge in [0, 0.05) is 24.2 Å². The molecule has 106 valence electrons. The second kappa shape index (κ2) is 6.34. The minimum absolute atomic E-state index is 0.0567. The number of pyridine rings is 1. The lowest BCUT2D eigenvalue weighted by molar-refractivity contribution is 0.0873. The number of nitrogens with one attached hydrogen (secondary N) is 1. The Morgan fingerprint density at radius 1 is 1.40 bits per heavy atom. The molecule has 1 heterocycles. The van der Waals surface area contributed by atoms with Crippen LogP contribution in [-0.2, 0) is 4.74 Å². The summed E-state index contributed by atoms with van der Waals surface area (Å²) >= 11 is 0. The van der Waals surface area contributed by atoms with Crippen molar-refractivity contribution >= 4 is 22.5 Å². The largest absolute Gasteiger partial charge is 0.383 e. The van der Waals surface area contributed by atoms with Gasteiger partial charge in [0.25, 0.3) is 5.91 Å². The number of nitrogens with two attached hydrogens (primary N) is 1. The molecule has 0 saturated carbocycles. The number of hydrogen-bond acceptors (Lipinski definition) is 4. The minimum atomic E-state index is -0.166. The van der Waals surface area contributed by atoms with Crippen LogP contribution in [0.1, 0.15) is 24.2 Å². The Labute approximate surface area is 118 Å². The number of fused-ring (bicyclic) bond motifs is 1. The van der Waals surface area contributed by atoms with Gasteiger partial charge in [0.2, 0.25) is 0 Å². The molecule has 0 bridgehead atoms. The molecule has 2 rings (SSSR count). The Bertz CT molecular complexity index is 613. The van der Waals surface area contributed by atoms with Crippen LogP contribution in [0.5, 0.6) is 0 Å². The number of ether oxygens (including phenoxy) is 1. The molecule has 2 aromatic rings. The van der Waals surface area contributed by atoms with E-state index in [1.54, 1.807) is 0 Å². The van der Waals surface area contributed by atoms with Crippen LogP contribution >= 0.6 is 0 Å². The second-order valence-corrected chi connectivity index (χ2v) is 4.64. The normalized spacial score (nSPS) is 12.3. The van der Waals surface area contributed by atoms with Gasteiger partial charge < -0.3 is 15.8 Å². The maximum absolute atomic E-state index is 12.3. The van der Waals surface area contributed by atoms with Gasteiger partial charge >= 0.3 is 0 Å². The van der Waals surface area contributed by atoms with Gasteiger partial charge in [-0.1, -0.05) is 24.3 Å². The van der Waals surface area contributed by atoms with Gasteiger partial charge in [-0.15, -0.1) is 0 Å². The van der Waals surface area contributed by atoms with E-state index >= 15 is 0 Å². The topological polar surface area (TPSA) is 77.2 Å². The van der Waals surface area contributed by atoms with E-state index in [2.05, 4.69) is 10.3 Å². The molecule has 0 aliphatic carbocycles. The molecule has 1 aromatic carbocycles. The molecule has 1 amide bonds. The lowest BCUT2D eigenvalue weighted by Crippen LogP contribution is -2.36. The van der Waals surface area contributed by atoms with Crippen LogP contribution in [0.2, 0.25) is 0 Å². The number of amides is 1. The number of benzene rings is 1. The van der Waals surface area contributed by atoms with Crippen molar-refractivity contribution in [3.05, 3.63) is 36.0 Å². The molecule has 0 saturated heterocycles. The van der Waals surface area contributed by atoms with Crippen molar-refractivity contribution in [2.24, 2.45) is 0 Å². The Hall–Kier alpha value is -2.14. The van der Waals surface area contributed by atoms with Gasteiger partial charge in [-0.25, -0.2) is 4.98 Å². The van der Waals surface area contributed by atoms with Crippen LogP contribution in [0.15, 0.2) is 30.5 Å². The summed E-state index contributed by atoms with van der Waals surface area (Å²) in [5.74, 6) is 0.264. The summed E-state index contributed by atoms with van der Waals surface area (Å²) in [4.78, 5) is 16.4. The molecule has 20 heavy (non-hydrogen) atoms. The van der Waals surface area contributed by atoms with E-state index in [4.69, 9.17) is 10.5 Å². The van der Waals surface area contributed by atoms with Crippen LogP contribution in [0.3, 0.4) is 0 Å². The quantitative estimate of drug-likeness (QED) is 0.873. The highest BCUT2D eigenvalue weighted by molar-refractivity contribution is 6.09. The zero-order valence-corrected chi connectivity index (χ0v) is 11.7. The number of aromatic nitrogens is 1. The number of anilines is 1. The first-order valence-corrected chi connectivity index (χ1v) is 6.65. The zero-order chi connectivity index (χ0) is 14.5. The lowest BCUT2D eigenvalue weighted by atomic mass is 10.1. The Balaban J connectivity index is 2.24. The highest BCUT2D eigenvalue weighted by Crippen LogP contribution is 2.22. The van der Waals surface area contributed by atoms with E-state index in [9.17, 15) is 4.79 Å². The van der Waals surface area contributed by atoms with E-state index in [-0.39, 0.29) is 11.9 Å². The zero-order valence-electron chi connectivity index (χ0n) is 11.7. The first kappa shape index (κ1) is 14.3. The van der Waals surface area contributed by atoms with Gasteiger partial charge in [-0.2, -0.15) is 0 Å². The average Bonchev–Trinajstić information content (AvgIpc) is 2.45. The summed E-state index contributed by atoms with van der Waals surface area (Å²) in [5.41, 5.74) is 6.36. The third-order valence-corrected chi connectivity index (χ3v) is 3.02. The number of nitrogen functional groups attached to an aromatic ring is 1. The summed E-state index contributed by atoms with van der Waals surface area (Å²) in [7, 11) is 0. The SMILES string of the molecule is CCOCC(C)NC(=O)c1cnc(N)c2ccccc12. The van der Waals surface area contributed by atoms with Crippen molar-refractivity contribution in [3.8, 4) is 0 Å². The third kappa shape index (κ3) is 3.05. The van der Waals surface area contributed by atoms with Crippen LogP contribution in [0.4, 0.5) is 5.82 Å². The molecule has 1 unspecified atom stereocenters. The van der Waals surface area contributed by atoms with Crippen molar-refractivity contribution in [1.29, 1.82) is 0 Å². The lowest BCUT2D eigenvalue weighted by Gasteiger charge is -2.14. The summed E-state index contributed by atoms with van der Waals surface area (Å²) in [5, 5.41) is 4.49. The summed E-state index contributed by atoms with van der Waals surface area (Å²) in [6.45, 7) is 4.95. The standard InChI is InChI=1S/C15H19N3O2/c1-3-20-9-10(2)18-15(19)13-8-17-14(16)12-7-5-4-6-11(12)13/h4-8,10H,3,9H2,1-2H3,(H2,16,17)(H,18,19). The van der Waals surface area contributed by atoms with E-state index in [1.807, 2.05) is 38.1 Å². The number of carbonyl (C=O) groups is 1. The van der Waals surface area contributed by atoms with Gasteiger partial charge in [0.05, 0.1) is 12.2 Å². The molecule has 0 aliphatic rings. The van der Waals surface area contributed by atoms with Crippen LogP contribution in [0, 0.1) is 0 Å². The van der Waals surface area contributed by atoms with Crippen molar-refractivity contribution in [2.75, 3.05) is 18.9 Å². The highest BCUT2D eigenvalue weighted by Gasteiger charge is 2.14. The third-order valence-electron chi connectivity index (χ3n) is 3.02. The molecule has 1 atom stereocenters. The van der Waals surface area contributed by atoms with Gasteiger partial charge in [-0.3, -0.25) is 4.79 Å². The first-order valence-electron chi connectivity index (χ1n) is 6.65. The van der Waals surface area contributed by atoms with Gasteiger partial charge in [0.15, 0.2) is 0 Å². The van der Waals surface area contributed by atoms with E-state index in [1.165, 1.54) is 6.20 Å². The number of carbonyl (C=O) groups excluding carboxylic acids is 1. The van der Waals surface area contributed by atoms with Crippen molar-refractivity contribution in [2.45, 2.75) is 19.9 Å². The van der Waals surface area contributed by atoms with Gasteiger partial charge in [-0.05, 0) is 19.2 Å². The molecule has 0 aliphatic heterocycles. The summed E-state index contributed by atoms with van der Waals surface area (Å²) in [6.07, 6.45) is 1.51. The predicted octanol–water partition coefficient (Wildman–Crippen LogP) is 1.97. The van der Waals surface area contributed by atoms with Gasteiger partial charge in [0.1, 0.15) is 5.82 Å². The first-order chi connectivity index (χ1) is 9.63. The fourth-order valence-corrected chi connectivity index (χ4v) is 2.03. The minimum Gasteiger partial charge on any atom is -0.383 e. The number of hydrogen-bond donors (Lipinski definition) is 2. The maximum atomic E-state index is 12.3. The Kier molecular flexibility index (Phi) is 4.53. The molecular weight excluding hydrogens is 254 g/mol. The molecule has 3 N–H and O–H groups in total. The molecular formula is C15H19N3O2. The van der Waals surface area contributed by atoms with Crippen molar-refractivity contribution in [3.63, 3.8) is 0 Å². The van der Waals surface area contributed by atoms with Crippen LogP contribution in [-0.4, -0.2) is 30.1 Å². The molecule has 5 heteroatoms. The summed E-state index contributed by atoms with van der Waals surface area (Å²) < 4.78 is 5.29. The predicted molar refractivity (Wildman–Crippen MR) is 79.6 cm³/mol. The Morgan fingerprint density at radius 2 is 2.10 bits per heavy atom. The van der Waals surface area contributed by atoms with E-state index in [0.717, 1.165) is 10.8 Å². The van der Waals surface area contributed by atoms with Crippen LogP contribution in [0.25, 0.3) is 10.8 Å². The van der Waals surface area contributed by atoms with Crippen molar-refractivity contribution < 1.29 is 9.53 Å². The molecule has 5 nitrogen and oxygen atoms in total. The average molecular weight is 273 g/mol. The van der Waals surface area contributed by atoms with E-state index in [0.29, 0.717) is 24.6 Å². The molecule has 0 radical (unpaired) electrons. The van der Waals surface area contributed by atoms with Crippen molar-refractivity contribution in [1.82, 2.24) is 10.3 Å². The molecule has 0 fully saturated rings. The number of rotatable bonds is 5.